The van der Waals surface area contributed by atoms with E-state index in [0.717, 1.165) is 0 Å². The molecule has 1 aromatic rings. The van der Waals surface area contributed by atoms with Crippen molar-refractivity contribution in [3.63, 3.8) is 0 Å². The Hall–Kier alpha value is -3.21. The van der Waals surface area contributed by atoms with Crippen molar-refractivity contribution in [2.45, 2.75) is 38.1 Å². The van der Waals surface area contributed by atoms with Gasteiger partial charge in [0, 0.05) is 25.1 Å². The summed E-state index contributed by atoms with van der Waals surface area (Å²) in [6.07, 6.45) is 0.824. The minimum Gasteiger partial charge on any atom is -0.481 e. The van der Waals surface area contributed by atoms with Crippen LogP contribution in [0.25, 0.3) is 0 Å². The molecule has 3 amide bonds. The van der Waals surface area contributed by atoms with E-state index < -0.39 is 42.7 Å². The predicted octanol–water partition coefficient (Wildman–Crippen LogP) is 1.44. The molecular formula is C18H24FN3O7. The Kier molecular flexibility index (Phi) is 10.1. The van der Waals surface area contributed by atoms with Crippen molar-refractivity contribution in [2.24, 2.45) is 0 Å². The highest BCUT2D eigenvalue weighted by Gasteiger charge is 2.29. The second-order valence-electron chi connectivity index (χ2n) is 6.19. The van der Waals surface area contributed by atoms with Gasteiger partial charge in [-0.3, -0.25) is 14.8 Å². The fourth-order valence-electron chi connectivity index (χ4n) is 2.36. The smallest absolute Gasteiger partial charge is 0.341 e. The van der Waals surface area contributed by atoms with Gasteiger partial charge in [0.15, 0.2) is 6.04 Å². The number of nitrogens with one attached hydrogen (secondary N) is 2. The molecule has 0 aromatic heterocycles. The third-order valence-corrected chi connectivity index (χ3v) is 3.94. The molecule has 10 nitrogen and oxygen atoms in total. The summed E-state index contributed by atoms with van der Waals surface area (Å²) in [5.41, 5.74) is 0.345. The molecule has 1 unspecified atom stereocenters. The van der Waals surface area contributed by atoms with Crippen LogP contribution < -0.4 is 10.6 Å². The summed E-state index contributed by atoms with van der Waals surface area (Å²) in [5.74, 6) is -3.51. The molecule has 0 aliphatic heterocycles. The summed E-state index contributed by atoms with van der Waals surface area (Å²) in [5, 5.41) is 32.2. The molecule has 0 aliphatic rings. The van der Waals surface area contributed by atoms with E-state index in [2.05, 4.69) is 10.6 Å². The van der Waals surface area contributed by atoms with E-state index in [1.54, 1.807) is 0 Å². The van der Waals surface area contributed by atoms with Crippen LogP contribution in [0, 0.1) is 5.82 Å². The second-order valence-corrected chi connectivity index (χ2v) is 6.19. The van der Waals surface area contributed by atoms with Crippen LogP contribution in [0.4, 0.5) is 9.18 Å². The van der Waals surface area contributed by atoms with Crippen LogP contribution in [0.1, 0.15) is 42.5 Å². The first-order valence-electron chi connectivity index (χ1n) is 8.96. The number of hydrogen-bond acceptors (Lipinski definition) is 5. The summed E-state index contributed by atoms with van der Waals surface area (Å²) in [7, 11) is 0. The number of carbonyl (C=O) groups excluding carboxylic acids is 2. The minimum absolute atomic E-state index is 0.0197. The van der Waals surface area contributed by atoms with Crippen LogP contribution in [-0.2, 0) is 9.59 Å². The number of aliphatic carboxylic acids is 2. The lowest BCUT2D eigenvalue weighted by atomic mass is 10.1. The molecule has 1 atom stereocenters. The van der Waals surface area contributed by atoms with Gasteiger partial charge in [0.05, 0.1) is 0 Å². The maximum absolute atomic E-state index is 12.8. The number of hydroxylamine groups is 2. The molecule has 0 spiro atoms. The van der Waals surface area contributed by atoms with Gasteiger partial charge in [0.25, 0.3) is 5.91 Å². The van der Waals surface area contributed by atoms with Gasteiger partial charge in [-0.05, 0) is 49.9 Å². The molecule has 0 aliphatic carbocycles. The van der Waals surface area contributed by atoms with Crippen molar-refractivity contribution in [1.82, 2.24) is 15.7 Å². The Labute approximate surface area is 166 Å². The van der Waals surface area contributed by atoms with Gasteiger partial charge in [0.2, 0.25) is 0 Å². The molecule has 1 aromatic carbocycles. The number of benzene rings is 1. The Bertz CT molecular complexity index is 712. The number of hydrogen-bond donors (Lipinski definition) is 5. The topological polar surface area (TPSA) is 156 Å². The highest BCUT2D eigenvalue weighted by Crippen LogP contribution is 2.06. The molecule has 160 valence electrons. The number of amides is 3. The first-order chi connectivity index (χ1) is 13.7. The monoisotopic (exact) mass is 413 g/mol. The lowest BCUT2D eigenvalue weighted by Crippen LogP contribution is -2.48. The zero-order chi connectivity index (χ0) is 21.8. The normalized spacial score (nSPS) is 11.4. The average molecular weight is 413 g/mol. The van der Waals surface area contributed by atoms with Crippen molar-refractivity contribution in [3.8, 4) is 0 Å². The summed E-state index contributed by atoms with van der Waals surface area (Å²) < 4.78 is 12.8. The van der Waals surface area contributed by atoms with Crippen molar-refractivity contribution in [2.75, 3.05) is 13.1 Å². The largest absolute Gasteiger partial charge is 0.481 e. The predicted molar refractivity (Wildman–Crippen MR) is 97.9 cm³/mol. The molecule has 0 radical (unpaired) electrons. The third kappa shape index (κ3) is 9.02. The molecule has 1 rings (SSSR count). The summed E-state index contributed by atoms with van der Waals surface area (Å²) in [6, 6.07) is 2.45. The fraction of sp³-hybridized carbons (Fsp3) is 0.444. The Morgan fingerprint density at radius 3 is 2.10 bits per heavy atom. The number of nitrogens with zero attached hydrogens (tertiary/aromatic N) is 1. The molecule has 0 saturated carbocycles. The standard InChI is InChI=1S/C18H24FN3O7/c19-13-6-4-12(5-7-13)16(25)20-10-2-1-3-11-21-18(28)22(29)14(17(26)27)8-9-15(23)24/h4-7,14,29H,1-3,8-11H2,(H,20,25)(H,21,28)(H,23,24)(H,26,27). The summed E-state index contributed by atoms with van der Waals surface area (Å²) >= 11 is 0. The number of carbonyl (C=O) groups is 4. The summed E-state index contributed by atoms with van der Waals surface area (Å²) in [4.78, 5) is 45.1. The van der Waals surface area contributed by atoms with Gasteiger partial charge in [0.1, 0.15) is 5.82 Å². The number of halogens is 1. The van der Waals surface area contributed by atoms with Gasteiger partial charge in [-0.15, -0.1) is 0 Å². The Balaban J connectivity index is 2.22. The average Bonchev–Trinajstić information content (AvgIpc) is 2.66. The molecular weight excluding hydrogens is 389 g/mol. The van der Waals surface area contributed by atoms with Crippen LogP contribution in [0.5, 0.6) is 0 Å². The number of urea groups is 1. The molecule has 0 saturated heterocycles. The van der Waals surface area contributed by atoms with Gasteiger partial charge < -0.3 is 20.8 Å². The van der Waals surface area contributed by atoms with Crippen molar-refractivity contribution in [1.29, 1.82) is 0 Å². The fourth-order valence-corrected chi connectivity index (χ4v) is 2.36. The first kappa shape index (κ1) is 23.8. The number of carboxylic acids is 2. The van der Waals surface area contributed by atoms with Gasteiger partial charge >= 0.3 is 18.0 Å². The van der Waals surface area contributed by atoms with Crippen molar-refractivity contribution >= 4 is 23.9 Å². The quantitative estimate of drug-likeness (QED) is 0.197. The van der Waals surface area contributed by atoms with Crippen LogP contribution >= 0.6 is 0 Å². The van der Waals surface area contributed by atoms with E-state index in [1.807, 2.05) is 0 Å². The van der Waals surface area contributed by atoms with Crippen molar-refractivity contribution < 1.29 is 39.0 Å². The van der Waals surface area contributed by atoms with Crippen LogP contribution in [0.3, 0.4) is 0 Å². The molecule has 0 bridgehead atoms. The zero-order valence-electron chi connectivity index (χ0n) is 15.6. The van der Waals surface area contributed by atoms with E-state index in [9.17, 15) is 28.8 Å². The number of carboxylic acid groups (broad SMARTS) is 2. The summed E-state index contributed by atoms with van der Waals surface area (Å²) in [6.45, 7) is 0.541. The number of unbranched alkanes of at least 4 members (excludes halogenated alkanes) is 2. The minimum atomic E-state index is -1.66. The molecule has 0 heterocycles. The van der Waals surface area contributed by atoms with Crippen LogP contribution in [0.2, 0.25) is 0 Å². The van der Waals surface area contributed by atoms with E-state index in [1.165, 1.54) is 24.3 Å². The van der Waals surface area contributed by atoms with Gasteiger partial charge in [-0.25, -0.2) is 14.0 Å². The van der Waals surface area contributed by atoms with Crippen molar-refractivity contribution in [3.05, 3.63) is 35.6 Å². The Morgan fingerprint density at radius 1 is 0.966 bits per heavy atom. The van der Waals surface area contributed by atoms with E-state index in [-0.39, 0.29) is 17.5 Å². The molecule has 29 heavy (non-hydrogen) atoms. The highest BCUT2D eigenvalue weighted by molar-refractivity contribution is 5.94. The van der Waals surface area contributed by atoms with Crippen LogP contribution in [0.15, 0.2) is 24.3 Å². The van der Waals surface area contributed by atoms with Gasteiger partial charge in [-0.2, -0.15) is 5.06 Å². The lowest BCUT2D eigenvalue weighted by Gasteiger charge is -2.22. The lowest BCUT2D eigenvalue weighted by molar-refractivity contribution is -0.158. The third-order valence-electron chi connectivity index (χ3n) is 3.94. The first-order valence-corrected chi connectivity index (χ1v) is 8.96. The highest BCUT2D eigenvalue weighted by atomic mass is 19.1. The zero-order valence-corrected chi connectivity index (χ0v) is 15.6. The second kappa shape index (κ2) is 12.3. The molecule has 0 fully saturated rings. The molecule has 11 heteroatoms. The van der Waals surface area contributed by atoms with E-state index >= 15 is 0 Å². The van der Waals surface area contributed by atoms with E-state index in [0.29, 0.717) is 31.4 Å². The maximum Gasteiger partial charge on any atom is 0.341 e. The maximum atomic E-state index is 12.8. The SMILES string of the molecule is O=C(O)CCC(C(=O)O)N(O)C(=O)NCCCCCNC(=O)c1ccc(F)cc1. The van der Waals surface area contributed by atoms with E-state index in [4.69, 9.17) is 10.2 Å². The molecule has 5 N–H and O–H groups in total. The number of rotatable bonds is 12. The Morgan fingerprint density at radius 2 is 1.55 bits per heavy atom. The van der Waals surface area contributed by atoms with Crippen LogP contribution in [-0.4, -0.2) is 63.5 Å². The van der Waals surface area contributed by atoms with Gasteiger partial charge in [-0.1, -0.05) is 0 Å².